The van der Waals surface area contributed by atoms with Gasteiger partial charge in [0.1, 0.15) is 5.15 Å². The molecular formula is C9H9ClF3N. The van der Waals surface area contributed by atoms with Gasteiger partial charge in [-0.25, -0.2) is 4.98 Å². The second kappa shape index (κ2) is 4.17. The third-order valence-electron chi connectivity index (χ3n) is 1.68. The van der Waals surface area contributed by atoms with Crippen LogP contribution in [0.1, 0.15) is 24.6 Å². The Morgan fingerprint density at radius 1 is 1.36 bits per heavy atom. The van der Waals surface area contributed by atoms with Crippen molar-refractivity contribution in [3.05, 3.63) is 28.5 Å². The summed E-state index contributed by atoms with van der Waals surface area (Å²) in [4.78, 5) is 3.80. The quantitative estimate of drug-likeness (QED) is 0.697. The highest BCUT2D eigenvalue weighted by molar-refractivity contribution is 6.29. The van der Waals surface area contributed by atoms with Crippen LogP contribution in [0.2, 0.25) is 5.15 Å². The molecule has 0 aliphatic rings. The van der Waals surface area contributed by atoms with Crippen molar-refractivity contribution in [2.45, 2.75) is 25.9 Å². The van der Waals surface area contributed by atoms with Gasteiger partial charge in [0.15, 0.2) is 0 Å². The minimum atomic E-state index is -4.35. The van der Waals surface area contributed by atoms with Gasteiger partial charge in [0.2, 0.25) is 0 Å². The fourth-order valence-electron chi connectivity index (χ4n) is 1.10. The second-order valence-corrected chi connectivity index (χ2v) is 3.30. The van der Waals surface area contributed by atoms with E-state index in [4.69, 9.17) is 11.6 Å². The van der Waals surface area contributed by atoms with Crippen molar-refractivity contribution in [3.8, 4) is 0 Å². The first-order valence-electron chi connectivity index (χ1n) is 4.17. The molecule has 0 aromatic carbocycles. The lowest BCUT2D eigenvalue weighted by Crippen LogP contribution is -2.06. The van der Waals surface area contributed by atoms with Crippen molar-refractivity contribution >= 4 is 11.6 Å². The van der Waals surface area contributed by atoms with Crippen LogP contribution in [0, 0.1) is 0 Å². The summed E-state index contributed by atoms with van der Waals surface area (Å²) in [6.45, 7) is 1.87. The van der Waals surface area contributed by atoms with E-state index in [2.05, 4.69) is 4.98 Å². The van der Waals surface area contributed by atoms with Crippen LogP contribution in [0.25, 0.3) is 0 Å². The zero-order valence-corrected chi connectivity index (χ0v) is 8.28. The van der Waals surface area contributed by atoms with E-state index in [9.17, 15) is 13.2 Å². The van der Waals surface area contributed by atoms with Crippen molar-refractivity contribution in [3.63, 3.8) is 0 Å². The summed E-state index contributed by atoms with van der Waals surface area (Å²) in [6, 6.07) is 1.87. The minimum absolute atomic E-state index is 0.108. The average Bonchev–Trinajstić information content (AvgIpc) is 2.02. The van der Waals surface area contributed by atoms with Crippen LogP contribution in [0.3, 0.4) is 0 Å². The van der Waals surface area contributed by atoms with Crippen LogP contribution in [0.5, 0.6) is 0 Å². The zero-order valence-electron chi connectivity index (χ0n) is 7.53. The van der Waals surface area contributed by atoms with Crippen LogP contribution in [-0.2, 0) is 12.6 Å². The topological polar surface area (TPSA) is 12.9 Å². The van der Waals surface area contributed by atoms with E-state index < -0.39 is 11.7 Å². The molecule has 1 aromatic heterocycles. The Labute approximate surface area is 84.9 Å². The van der Waals surface area contributed by atoms with Gasteiger partial charge < -0.3 is 0 Å². The maximum atomic E-state index is 12.3. The van der Waals surface area contributed by atoms with Crippen LogP contribution in [-0.4, -0.2) is 4.98 Å². The lowest BCUT2D eigenvalue weighted by atomic mass is 10.1. The van der Waals surface area contributed by atoms with Crippen molar-refractivity contribution in [1.29, 1.82) is 0 Å². The molecule has 0 fully saturated rings. The fraction of sp³-hybridized carbons (Fsp3) is 0.444. The molecule has 0 aliphatic heterocycles. The summed E-state index contributed by atoms with van der Waals surface area (Å²) in [5.74, 6) is 0. The lowest BCUT2D eigenvalue weighted by molar-refractivity contribution is -0.137. The molecule has 0 N–H and O–H groups in total. The Bertz CT molecular complexity index is 322. The number of aromatic nitrogens is 1. The van der Waals surface area contributed by atoms with E-state index in [1.54, 1.807) is 0 Å². The Morgan fingerprint density at radius 2 is 2.00 bits per heavy atom. The molecule has 1 rings (SSSR count). The molecule has 14 heavy (non-hydrogen) atoms. The number of alkyl halides is 3. The normalized spacial score (nSPS) is 11.8. The van der Waals surface area contributed by atoms with E-state index in [-0.39, 0.29) is 5.15 Å². The van der Waals surface area contributed by atoms with Crippen molar-refractivity contribution in [2.75, 3.05) is 0 Å². The second-order valence-electron chi connectivity index (χ2n) is 2.92. The molecule has 5 heteroatoms. The number of rotatable bonds is 2. The van der Waals surface area contributed by atoms with Gasteiger partial charge in [-0.3, -0.25) is 0 Å². The molecule has 0 aliphatic carbocycles. The summed E-state index contributed by atoms with van der Waals surface area (Å²) in [6.07, 6.45) is -3.11. The number of hydrogen-bond donors (Lipinski definition) is 0. The van der Waals surface area contributed by atoms with Crippen LogP contribution in [0.4, 0.5) is 13.2 Å². The van der Waals surface area contributed by atoms with Gasteiger partial charge in [-0.1, -0.05) is 24.9 Å². The number of aryl methyl sites for hydroxylation is 1. The maximum Gasteiger partial charge on any atom is 0.416 e. The van der Waals surface area contributed by atoms with E-state index in [0.29, 0.717) is 12.1 Å². The summed E-state index contributed by atoms with van der Waals surface area (Å²) in [5.41, 5.74) is -0.353. The molecule has 1 aromatic rings. The first kappa shape index (κ1) is 11.3. The molecule has 0 amide bonds. The van der Waals surface area contributed by atoms with Crippen LogP contribution >= 0.6 is 11.6 Å². The monoisotopic (exact) mass is 223 g/mol. The van der Waals surface area contributed by atoms with Crippen LogP contribution < -0.4 is 0 Å². The third kappa shape index (κ3) is 2.87. The van der Waals surface area contributed by atoms with E-state index >= 15 is 0 Å². The maximum absolute atomic E-state index is 12.3. The first-order chi connectivity index (χ1) is 6.43. The molecule has 1 nitrogen and oxygen atoms in total. The van der Waals surface area contributed by atoms with E-state index in [1.807, 2.05) is 6.92 Å². The van der Waals surface area contributed by atoms with E-state index in [1.165, 1.54) is 0 Å². The Hall–Kier alpha value is -0.770. The number of halogens is 4. The molecule has 0 unspecified atom stereocenters. The Kier molecular flexibility index (Phi) is 3.37. The van der Waals surface area contributed by atoms with Gasteiger partial charge in [-0.15, -0.1) is 0 Å². The van der Waals surface area contributed by atoms with Crippen molar-refractivity contribution < 1.29 is 13.2 Å². The highest BCUT2D eigenvalue weighted by atomic mass is 35.5. The summed E-state index contributed by atoms with van der Waals surface area (Å²) < 4.78 is 36.9. The standard InChI is InChI=1S/C9H9ClF3N/c1-2-3-7-4-6(9(11,12)13)5-8(10)14-7/h4-5H,2-3H2,1H3. The lowest BCUT2D eigenvalue weighted by Gasteiger charge is -2.08. The summed E-state index contributed by atoms with van der Waals surface area (Å²) in [7, 11) is 0. The molecule has 0 saturated carbocycles. The van der Waals surface area contributed by atoms with Crippen molar-refractivity contribution in [1.82, 2.24) is 4.98 Å². The SMILES string of the molecule is CCCc1cc(C(F)(F)F)cc(Cl)n1. The Morgan fingerprint density at radius 3 is 2.50 bits per heavy atom. The molecule has 0 radical (unpaired) electrons. The van der Waals surface area contributed by atoms with Gasteiger partial charge in [-0.05, 0) is 18.6 Å². The predicted molar refractivity (Wildman–Crippen MR) is 48.2 cm³/mol. The molecule has 78 valence electrons. The van der Waals surface area contributed by atoms with Gasteiger partial charge >= 0.3 is 6.18 Å². The number of pyridine rings is 1. The predicted octanol–water partition coefficient (Wildman–Crippen LogP) is 3.71. The molecular weight excluding hydrogens is 215 g/mol. The smallest absolute Gasteiger partial charge is 0.241 e. The highest BCUT2D eigenvalue weighted by Gasteiger charge is 2.31. The van der Waals surface area contributed by atoms with Gasteiger partial charge in [0, 0.05) is 5.69 Å². The van der Waals surface area contributed by atoms with Gasteiger partial charge in [0.05, 0.1) is 5.56 Å². The third-order valence-corrected chi connectivity index (χ3v) is 1.87. The molecule has 0 atom stereocenters. The van der Waals surface area contributed by atoms with Crippen LogP contribution in [0.15, 0.2) is 12.1 Å². The largest absolute Gasteiger partial charge is 0.416 e. The summed E-state index contributed by atoms with van der Waals surface area (Å²) in [5, 5.41) is -0.108. The van der Waals surface area contributed by atoms with Crippen molar-refractivity contribution in [2.24, 2.45) is 0 Å². The highest BCUT2D eigenvalue weighted by Crippen LogP contribution is 2.30. The molecule has 0 spiro atoms. The number of nitrogens with zero attached hydrogens (tertiary/aromatic N) is 1. The minimum Gasteiger partial charge on any atom is -0.241 e. The fourth-order valence-corrected chi connectivity index (χ4v) is 1.33. The first-order valence-corrected chi connectivity index (χ1v) is 4.55. The summed E-state index contributed by atoms with van der Waals surface area (Å²) >= 11 is 5.48. The van der Waals surface area contributed by atoms with Gasteiger partial charge in [-0.2, -0.15) is 13.2 Å². The van der Waals surface area contributed by atoms with Gasteiger partial charge in [0.25, 0.3) is 0 Å². The molecule has 0 saturated heterocycles. The Balaban J connectivity index is 3.07. The molecule has 1 heterocycles. The van der Waals surface area contributed by atoms with E-state index in [0.717, 1.165) is 18.6 Å². The molecule has 0 bridgehead atoms. The number of hydrogen-bond acceptors (Lipinski definition) is 1. The zero-order chi connectivity index (χ0) is 10.8. The average molecular weight is 224 g/mol.